The number of hydrogen-bond acceptors (Lipinski definition) is 5. The topological polar surface area (TPSA) is 75.3 Å². The van der Waals surface area contributed by atoms with Crippen LogP contribution in [0, 0.1) is 6.92 Å². The van der Waals surface area contributed by atoms with Crippen molar-refractivity contribution in [3.63, 3.8) is 0 Å². The molecule has 0 amide bonds. The zero-order chi connectivity index (χ0) is 13.8. The van der Waals surface area contributed by atoms with E-state index >= 15 is 0 Å². The van der Waals surface area contributed by atoms with Crippen LogP contribution in [0.2, 0.25) is 0 Å². The Kier molecular flexibility index (Phi) is 4.85. The van der Waals surface area contributed by atoms with E-state index in [1.165, 1.54) is 0 Å². The SMILES string of the molecule is Cc1cc(CN)nc(N(CCO)CC(F)(F)F)n1. The lowest BCUT2D eigenvalue weighted by molar-refractivity contribution is -0.120. The van der Waals surface area contributed by atoms with Crippen LogP contribution in [0.1, 0.15) is 11.4 Å². The van der Waals surface area contributed by atoms with Crippen LogP contribution < -0.4 is 10.6 Å². The zero-order valence-electron chi connectivity index (χ0n) is 9.91. The molecule has 0 aliphatic heterocycles. The lowest BCUT2D eigenvalue weighted by atomic mass is 10.3. The van der Waals surface area contributed by atoms with Gasteiger partial charge < -0.3 is 15.7 Å². The fraction of sp³-hybridized carbons (Fsp3) is 0.600. The number of hydrogen-bond donors (Lipinski definition) is 2. The van der Waals surface area contributed by atoms with Crippen LogP contribution in [0.4, 0.5) is 19.1 Å². The molecule has 8 heteroatoms. The van der Waals surface area contributed by atoms with Gasteiger partial charge in [0.2, 0.25) is 5.95 Å². The molecule has 0 saturated heterocycles. The summed E-state index contributed by atoms with van der Waals surface area (Å²) in [6.45, 7) is -0.0380. The van der Waals surface area contributed by atoms with Crippen molar-refractivity contribution in [1.29, 1.82) is 0 Å². The van der Waals surface area contributed by atoms with Crippen molar-refractivity contribution in [1.82, 2.24) is 9.97 Å². The Morgan fingerprint density at radius 3 is 2.56 bits per heavy atom. The molecule has 0 aromatic carbocycles. The minimum absolute atomic E-state index is 0.0678. The second kappa shape index (κ2) is 5.96. The van der Waals surface area contributed by atoms with Gasteiger partial charge in [-0.3, -0.25) is 0 Å². The van der Waals surface area contributed by atoms with Crippen LogP contribution in [0.15, 0.2) is 6.07 Å². The van der Waals surface area contributed by atoms with E-state index in [1.807, 2.05) is 0 Å². The van der Waals surface area contributed by atoms with Crippen LogP contribution >= 0.6 is 0 Å². The Labute approximate surface area is 102 Å². The molecule has 0 radical (unpaired) electrons. The lowest BCUT2D eigenvalue weighted by Gasteiger charge is -2.23. The number of aryl methyl sites for hydroxylation is 1. The molecule has 3 N–H and O–H groups in total. The van der Waals surface area contributed by atoms with E-state index in [-0.39, 0.29) is 19.0 Å². The first kappa shape index (κ1) is 14.7. The van der Waals surface area contributed by atoms with Crippen LogP contribution in [0.25, 0.3) is 0 Å². The molecule has 5 nitrogen and oxygen atoms in total. The third kappa shape index (κ3) is 4.46. The first-order valence-corrected chi connectivity index (χ1v) is 5.33. The summed E-state index contributed by atoms with van der Waals surface area (Å²) >= 11 is 0. The number of anilines is 1. The number of halogens is 3. The normalized spacial score (nSPS) is 11.7. The molecule has 18 heavy (non-hydrogen) atoms. The van der Waals surface area contributed by atoms with Crippen molar-refractivity contribution < 1.29 is 18.3 Å². The van der Waals surface area contributed by atoms with Gasteiger partial charge in [0.05, 0.1) is 12.3 Å². The van der Waals surface area contributed by atoms with E-state index in [2.05, 4.69) is 9.97 Å². The molecule has 1 rings (SSSR count). The van der Waals surface area contributed by atoms with Gasteiger partial charge in [0.1, 0.15) is 6.54 Å². The lowest BCUT2D eigenvalue weighted by Crippen LogP contribution is -2.37. The summed E-state index contributed by atoms with van der Waals surface area (Å²) in [5.41, 5.74) is 6.40. The maximum absolute atomic E-state index is 12.4. The Bertz CT molecular complexity index is 397. The standard InChI is InChI=1S/C10H15F3N4O/c1-7-4-8(5-14)16-9(15-7)17(2-3-18)6-10(11,12)13/h4,18H,2-3,5-6,14H2,1H3. The van der Waals surface area contributed by atoms with Gasteiger partial charge in [0.15, 0.2) is 0 Å². The minimum atomic E-state index is -4.38. The summed E-state index contributed by atoms with van der Waals surface area (Å²) in [5, 5.41) is 8.80. The molecule has 0 aliphatic carbocycles. The monoisotopic (exact) mass is 264 g/mol. The van der Waals surface area contributed by atoms with Crippen LogP contribution in [-0.2, 0) is 6.54 Å². The number of nitrogens with two attached hydrogens (primary N) is 1. The van der Waals surface area contributed by atoms with Crippen LogP contribution in [0.3, 0.4) is 0 Å². The molecule has 0 saturated carbocycles. The summed E-state index contributed by atoms with van der Waals surface area (Å²) in [7, 11) is 0. The first-order valence-electron chi connectivity index (χ1n) is 5.33. The van der Waals surface area contributed by atoms with Crippen LogP contribution in [-0.4, -0.2) is 40.9 Å². The molecule has 0 atom stereocenters. The number of aliphatic hydroxyl groups is 1. The molecule has 0 unspecified atom stereocenters. The largest absolute Gasteiger partial charge is 0.406 e. The molecular formula is C10H15F3N4O. The van der Waals surface area contributed by atoms with Crippen molar-refractivity contribution in [2.24, 2.45) is 5.73 Å². The summed E-state index contributed by atoms with van der Waals surface area (Å²) in [5.74, 6) is -0.0678. The molecule has 0 fully saturated rings. The molecule has 1 heterocycles. The van der Waals surface area contributed by atoms with Gasteiger partial charge in [0, 0.05) is 18.8 Å². The van der Waals surface area contributed by atoms with Crippen LogP contribution in [0.5, 0.6) is 0 Å². The summed E-state index contributed by atoms with van der Waals surface area (Å²) < 4.78 is 37.2. The van der Waals surface area contributed by atoms with E-state index in [0.29, 0.717) is 11.4 Å². The molecular weight excluding hydrogens is 249 g/mol. The highest BCUT2D eigenvalue weighted by Crippen LogP contribution is 2.19. The number of alkyl halides is 3. The first-order chi connectivity index (χ1) is 8.35. The van der Waals surface area contributed by atoms with Gasteiger partial charge in [-0.15, -0.1) is 0 Å². The summed E-state index contributed by atoms with van der Waals surface area (Å²) in [6, 6.07) is 1.61. The van der Waals surface area contributed by atoms with E-state index < -0.39 is 19.3 Å². The minimum Gasteiger partial charge on any atom is -0.395 e. The van der Waals surface area contributed by atoms with E-state index in [1.54, 1.807) is 13.0 Å². The third-order valence-corrected chi connectivity index (χ3v) is 2.13. The fourth-order valence-electron chi connectivity index (χ4n) is 1.45. The number of nitrogens with zero attached hydrogens (tertiary/aromatic N) is 3. The maximum Gasteiger partial charge on any atom is 0.406 e. The third-order valence-electron chi connectivity index (χ3n) is 2.13. The molecule has 1 aromatic heterocycles. The Balaban J connectivity index is 3.01. The Morgan fingerprint density at radius 2 is 2.06 bits per heavy atom. The van der Waals surface area contributed by atoms with E-state index in [9.17, 15) is 13.2 Å². The second-order valence-electron chi connectivity index (χ2n) is 3.77. The zero-order valence-corrected chi connectivity index (χ0v) is 9.91. The average Bonchev–Trinajstić information content (AvgIpc) is 2.26. The predicted octanol–water partition coefficient (Wildman–Crippen LogP) is 0.605. The quantitative estimate of drug-likeness (QED) is 0.814. The maximum atomic E-state index is 12.4. The van der Waals surface area contributed by atoms with E-state index in [4.69, 9.17) is 10.8 Å². The highest BCUT2D eigenvalue weighted by Gasteiger charge is 2.31. The summed E-state index contributed by atoms with van der Waals surface area (Å²) in [4.78, 5) is 8.75. The van der Waals surface area contributed by atoms with E-state index in [0.717, 1.165) is 4.90 Å². The number of aliphatic hydroxyl groups excluding tert-OH is 1. The van der Waals surface area contributed by atoms with Gasteiger partial charge in [-0.25, -0.2) is 9.97 Å². The number of rotatable bonds is 5. The summed E-state index contributed by atoms with van der Waals surface area (Å²) in [6.07, 6.45) is -4.38. The van der Waals surface area contributed by atoms with Crippen molar-refractivity contribution >= 4 is 5.95 Å². The molecule has 1 aromatic rings. The highest BCUT2D eigenvalue weighted by molar-refractivity contribution is 5.32. The van der Waals surface area contributed by atoms with Gasteiger partial charge >= 0.3 is 6.18 Å². The van der Waals surface area contributed by atoms with Gasteiger partial charge in [-0.2, -0.15) is 13.2 Å². The molecule has 0 bridgehead atoms. The Hall–Kier alpha value is -1.41. The van der Waals surface area contributed by atoms with Gasteiger partial charge in [-0.1, -0.05) is 0 Å². The van der Waals surface area contributed by atoms with Crippen molar-refractivity contribution in [2.45, 2.75) is 19.6 Å². The van der Waals surface area contributed by atoms with Gasteiger partial charge in [0.25, 0.3) is 0 Å². The fourth-order valence-corrected chi connectivity index (χ4v) is 1.45. The average molecular weight is 264 g/mol. The molecule has 0 aliphatic rings. The van der Waals surface area contributed by atoms with Gasteiger partial charge in [-0.05, 0) is 13.0 Å². The second-order valence-corrected chi connectivity index (χ2v) is 3.77. The predicted molar refractivity (Wildman–Crippen MR) is 60.0 cm³/mol. The molecule has 102 valence electrons. The van der Waals surface area contributed by atoms with Crippen molar-refractivity contribution in [3.05, 3.63) is 17.5 Å². The molecule has 0 spiro atoms. The van der Waals surface area contributed by atoms with Crippen molar-refractivity contribution in [2.75, 3.05) is 24.6 Å². The van der Waals surface area contributed by atoms with Crippen molar-refractivity contribution in [3.8, 4) is 0 Å². The number of aromatic nitrogens is 2. The smallest absolute Gasteiger partial charge is 0.395 e. The highest BCUT2D eigenvalue weighted by atomic mass is 19.4. The Morgan fingerprint density at radius 1 is 1.39 bits per heavy atom.